The van der Waals surface area contributed by atoms with Crippen LogP contribution in [0, 0.1) is 6.92 Å². The van der Waals surface area contributed by atoms with Gasteiger partial charge in [-0.3, -0.25) is 19.4 Å². The van der Waals surface area contributed by atoms with Gasteiger partial charge in [0.15, 0.2) is 12.1 Å². The quantitative estimate of drug-likeness (QED) is 0.802. The number of nitrogens with zero attached hydrogens (tertiary/aromatic N) is 4. The molecule has 0 aliphatic carbocycles. The minimum Gasteiger partial charge on any atom is -0.324 e. The van der Waals surface area contributed by atoms with Crippen LogP contribution in [0.1, 0.15) is 5.56 Å². The van der Waals surface area contributed by atoms with Crippen molar-refractivity contribution in [2.24, 2.45) is 10.3 Å². The number of imide groups is 1. The molecule has 2 aromatic rings. The van der Waals surface area contributed by atoms with Gasteiger partial charge in [0.1, 0.15) is 6.54 Å². The number of anilines is 2. The molecule has 2 atom stereocenters. The van der Waals surface area contributed by atoms with Gasteiger partial charge in [-0.15, -0.1) is 0 Å². The van der Waals surface area contributed by atoms with Crippen LogP contribution in [0.3, 0.4) is 0 Å². The Morgan fingerprint density at radius 1 is 1.14 bits per heavy atom. The smallest absolute Gasteiger partial charge is 0.263 e. The topological polar surface area (TPSA) is 94.4 Å². The number of amides is 3. The molecule has 1 N–H and O–H groups in total. The number of carbonyl (C=O) groups is 3. The van der Waals surface area contributed by atoms with Crippen LogP contribution in [-0.2, 0) is 14.4 Å². The van der Waals surface area contributed by atoms with Crippen molar-refractivity contribution in [2.75, 3.05) is 16.8 Å². The lowest BCUT2D eigenvalue weighted by Crippen LogP contribution is -2.43. The summed E-state index contributed by atoms with van der Waals surface area (Å²) >= 11 is 6.13. The molecule has 0 aromatic heterocycles. The minimum absolute atomic E-state index is 0.193. The number of benzene rings is 2. The molecular formula is C19H16ClN5O3. The summed E-state index contributed by atoms with van der Waals surface area (Å²) in [6.45, 7) is 1.64. The Morgan fingerprint density at radius 3 is 2.61 bits per heavy atom. The van der Waals surface area contributed by atoms with Crippen LogP contribution in [0.4, 0.5) is 11.4 Å². The molecule has 2 aromatic carbocycles. The SMILES string of the molecule is Cc1ccc(N2C(=O)[C@H]3N=NN(CC(=O)Nc4ccccc4)[C@H]3C2=O)cc1Cl. The molecule has 0 radical (unpaired) electrons. The Bertz CT molecular complexity index is 994. The molecule has 2 aliphatic rings. The highest BCUT2D eigenvalue weighted by molar-refractivity contribution is 6.32. The molecule has 9 heteroatoms. The summed E-state index contributed by atoms with van der Waals surface area (Å²) in [6.07, 6.45) is 0. The lowest BCUT2D eigenvalue weighted by atomic mass is 10.1. The number of fused-ring (bicyclic) bond motifs is 1. The van der Waals surface area contributed by atoms with E-state index in [0.29, 0.717) is 16.4 Å². The molecule has 0 unspecified atom stereocenters. The van der Waals surface area contributed by atoms with Crippen molar-refractivity contribution in [3.8, 4) is 0 Å². The fourth-order valence-corrected chi connectivity index (χ4v) is 3.37. The molecule has 3 amide bonds. The van der Waals surface area contributed by atoms with Crippen LogP contribution < -0.4 is 10.2 Å². The van der Waals surface area contributed by atoms with E-state index in [1.165, 1.54) is 5.01 Å². The van der Waals surface area contributed by atoms with E-state index in [4.69, 9.17) is 11.6 Å². The molecular weight excluding hydrogens is 382 g/mol. The number of para-hydroxylation sites is 1. The lowest BCUT2D eigenvalue weighted by molar-refractivity contribution is -0.123. The van der Waals surface area contributed by atoms with Gasteiger partial charge in [0, 0.05) is 10.7 Å². The molecule has 4 rings (SSSR count). The molecule has 8 nitrogen and oxygen atoms in total. The first-order chi connectivity index (χ1) is 13.5. The first-order valence-corrected chi connectivity index (χ1v) is 9.00. The fourth-order valence-electron chi connectivity index (χ4n) is 3.20. The predicted molar refractivity (Wildman–Crippen MR) is 103 cm³/mol. The molecule has 1 fully saturated rings. The first kappa shape index (κ1) is 18.1. The Kier molecular flexibility index (Phi) is 4.56. The largest absolute Gasteiger partial charge is 0.324 e. The third-order valence-electron chi connectivity index (χ3n) is 4.63. The van der Waals surface area contributed by atoms with Gasteiger partial charge in [-0.2, -0.15) is 5.11 Å². The number of hydrogen-bond acceptors (Lipinski definition) is 6. The van der Waals surface area contributed by atoms with E-state index in [9.17, 15) is 14.4 Å². The highest BCUT2D eigenvalue weighted by atomic mass is 35.5. The van der Waals surface area contributed by atoms with Crippen LogP contribution in [-0.4, -0.2) is 41.4 Å². The van der Waals surface area contributed by atoms with Gasteiger partial charge in [-0.05, 0) is 36.8 Å². The molecule has 0 bridgehead atoms. The Balaban J connectivity index is 1.51. The monoisotopic (exact) mass is 397 g/mol. The van der Waals surface area contributed by atoms with Crippen LogP contribution in [0.15, 0.2) is 58.9 Å². The molecule has 142 valence electrons. The van der Waals surface area contributed by atoms with Gasteiger partial charge < -0.3 is 5.32 Å². The number of hydrogen-bond donors (Lipinski definition) is 1. The molecule has 0 saturated carbocycles. The van der Waals surface area contributed by atoms with E-state index in [1.54, 1.807) is 42.5 Å². The van der Waals surface area contributed by atoms with Crippen molar-refractivity contribution < 1.29 is 14.4 Å². The van der Waals surface area contributed by atoms with Gasteiger partial charge in [0.25, 0.3) is 11.8 Å². The summed E-state index contributed by atoms with van der Waals surface area (Å²) in [7, 11) is 0. The summed E-state index contributed by atoms with van der Waals surface area (Å²) in [5.41, 5.74) is 1.84. The standard InChI is InChI=1S/C19H16ClN5O3/c1-11-7-8-13(9-14(11)20)25-18(27)16-17(19(25)28)24(23-22-16)10-15(26)21-12-5-3-2-4-6-12/h2-9,16-17H,10H2,1H3,(H,21,26)/t16-,17+/m0/s1. The summed E-state index contributed by atoms with van der Waals surface area (Å²) in [4.78, 5) is 39.0. The number of halogens is 1. The van der Waals surface area contributed by atoms with E-state index in [2.05, 4.69) is 15.7 Å². The highest BCUT2D eigenvalue weighted by Gasteiger charge is 2.55. The van der Waals surface area contributed by atoms with Crippen molar-refractivity contribution in [3.05, 3.63) is 59.1 Å². The summed E-state index contributed by atoms with van der Waals surface area (Å²) < 4.78 is 0. The number of aryl methyl sites for hydroxylation is 1. The summed E-state index contributed by atoms with van der Waals surface area (Å²) in [5.74, 6) is -1.32. The highest BCUT2D eigenvalue weighted by Crippen LogP contribution is 2.33. The van der Waals surface area contributed by atoms with E-state index >= 15 is 0 Å². The number of carbonyl (C=O) groups excluding carboxylic acids is 3. The molecule has 28 heavy (non-hydrogen) atoms. The number of rotatable bonds is 4. The maximum atomic E-state index is 12.9. The Morgan fingerprint density at radius 2 is 1.89 bits per heavy atom. The van der Waals surface area contributed by atoms with E-state index in [1.807, 2.05) is 13.0 Å². The van der Waals surface area contributed by atoms with Crippen molar-refractivity contribution in [1.82, 2.24) is 5.01 Å². The molecule has 1 saturated heterocycles. The zero-order valence-corrected chi connectivity index (χ0v) is 15.6. The van der Waals surface area contributed by atoms with Crippen LogP contribution in [0.2, 0.25) is 5.02 Å². The van der Waals surface area contributed by atoms with Crippen LogP contribution in [0.5, 0.6) is 0 Å². The average molecular weight is 398 g/mol. The van der Waals surface area contributed by atoms with E-state index in [-0.39, 0.29) is 12.5 Å². The van der Waals surface area contributed by atoms with E-state index < -0.39 is 23.9 Å². The number of nitrogens with one attached hydrogen (secondary N) is 1. The second-order valence-corrected chi connectivity index (χ2v) is 6.96. The Hall–Kier alpha value is -3.26. The van der Waals surface area contributed by atoms with Crippen molar-refractivity contribution in [2.45, 2.75) is 19.0 Å². The van der Waals surface area contributed by atoms with Gasteiger partial charge >= 0.3 is 0 Å². The van der Waals surface area contributed by atoms with Gasteiger partial charge in [-0.1, -0.05) is 41.1 Å². The van der Waals surface area contributed by atoms with E-state index in [0.717, 1.165) is 10.5 Å². The zero-order chi connectivity index (χ0) is 19.8. The normalized spacial score (nSPS) is 20.6. The van der Waals surface area contributed by atoms with Gasteiger partial charge in [0.05, 0.1) is 5.69 Å². The van der Waals surface area contributed by atoms with Gasteiger partial charge in [-0.25, -0.2) is 4.90 Å². The lowest BCUT2D eigenvalue weighted by Gasteiger charge is -2.20. The van der Waals surface area contributed by atoms with Crippen molar-refractivity contribution in [3.63, 3.8) is 0 Å². The predicted octanol–water partition coefficient (Wildman–Crippen LogP) is 2.58. The molecule has 2 heterocycles. The molecule has 0 spiro atoms. The minimum atomic E-state index is -0.961. The van der Waals surface area contributed by atoms with Crippen molar-refractivity contribution in [1.29, 1.82) is 0 Å². The summed E-state index contributed by atoms with van der Waals surface area (Å²) in [5, 5.41) is 12.2. The van der Waals surface area contributed by atoms with Gasteiger partial charge in [0.2, 0.25) is 5.91 Å². The zero-order valence-electron chi connectivity index (χ0n) is 14.9. The summed E-state index contributed by atoms with van der Waals surface area (Å²) in [6, 6.07) is 12.0. The second kappa shape index (κ2) is 7.05. The van der Waals surface area contributed by atoms with Crippen LogP contribution in [0.25, 0.3) is 0 Å². The third kappa shape index (κ3) is 3.11. The maximum Gasteiger partial charge on any atom is 0.263 e. The molecule has 2 aliphatic heterocycles. The first-order valence-electron chi connectivity index (χ1n) is 8.62. The third-order valence-corrected chi connectivity index (χ3v) is 5.04. The Labute approximate surface area is 165 Å². The average Bonchev–Trinajstić information content (AvgIpc) is 3.18. The van der Waals surface area contributed by atoms with Crippen molar-refractivity contribution >= 4 is 40.7 Å². The fraction of sp³-hybridized carbons (Fsp3) is 0.211. The maximum absolute atomic E-state index is 12.9. The second-order valence-electron chi connectivity index (χ2n) is 6.55. The van der Waals surface area contributed by atoms with Crippen LogP contribution >= 0.6 is 11.6 Å².